The van der Waals surface area contributed by atoms with Gasteiger partial charge in [0.15, 0.2) is 12.7 Å². The number of hydrogen-bond acceptors (Lipinski definition) is 6. The molecule has 0 saturated heterocycles. The molecule has 2 aromatic carbocycles. The molecule has 2 N–H and O–H groups in total. The average Bonchev–Trinajstić information content (AvgIpc) is 2.71. The molecule has 0 fully saturated rings. The van der Waals surface area contributed by atoms with Gasteiger partial charge in [0.25, 0.3) is 11.8 Å². The molecule has 1 atom stereocenters. The number of nitriles is 1. The first-order valence-corrected chi connectivity index (χ1v) is 8.45. The van der Waals surface area contributed by atoms with E-state index in [9.17, 15) is 14.4 Å². The number of hydrogen-bond donors (Lipinski definition) is 2. The van der Waals surface area contributed by atoms with Crippen molar-refractivity contribution in [3.8, 4) is 11.8 Å². The topological polar surface area (TPSA) is 118 Å². The summed E-state index contributed by atoms with van der Waals surface area (Å²) in [6.45, 7) is 0.848. The Balaban J connectivity index is 1.75. The highest BCUT2D eigenvalue weighted by atomic mass is 35.5. The van der Waals surface area contributed by atoms with Crippen molar-refractivity contribution in [1.29, 1.82) is 5.26 Å². The molecule has 28 heavy (non-hydrogen) atoms. The van der Waals surface area contributed by atoms with Crippen molar-refractivity contribution < 1.29 is 23.9 Å². The van der Waals surface area contributed by atoms with Crippen LogP contribution in [0.3, 0.4) is 0 Å². The lowest BCUT2D eigenvalue weighted by Crippen LogP contribution is -2.44. The molecule has 0 aliphatic heterocycles. The summed E-state index contributed by atoms with van der Waals surface area (Å²) in [6.07, 6.45) is -0.974. The van der Waals surface area contributed by atoms with Gasteiger partial charge in [-0.1, -0.05) is 23.7 Å². The van der Waals surface area contributed by atoms with E-state index < -0.39 is 30.5 Å². The fourth-order valence-corrected chi connectivity index (χ4v) is 2.21. The molecule has 0 aromatic heterocycles. The molecular formula is C19H16ClN3O5. The number of benzene rings is 2. The SMILES string of the molecule is CC(Oc1ccc(C#N)cc1)C(=O)OCC(=O)NNC(=O)c1ccccc1Cl. The predicted octanol–water partition coefficient (Wildman–Crippen LogP) is 1.98. The van der Waals surface area contributed by atoms with E-state index >= 15 is 0 Å². The Morgan fingerprint density at radius 2 is 1.79 bits per heavy atom. The van der Waals surface area contributed by atoms with Crippen molar-refractivity contribution in [3.63, 3.8) is 0 Å². The molecule has 2 rings (SSSR count). The summed E-state index contributed by atoms with van der Waals surface area (Å²) in [5.74, 6) is -1.74. The Morgan fingerprint density at radius 1 is 1.11 bits per heavy atom. The van der Waals surface area contributed by atoms with Gasteiger partial charge in [-0.3, -0.25) is 20.4 Å². The van der Waals surface area contributed by atoms with E-state index in [1.807, 2.05) is 6.07 Å². The monoisotopic (exact) mass is 401 g/mol. The van der Waals surface area contributed by atoms with Crippen molar-refractivity contribution in [3.05, 3.63) is 64.7 Å². The molecule has 0 aliphatic rings. The van der Waals surface area contributed by atoms with Crippen LogP contribution >= 0.6 is 11.6 Å². The van der Waals surface area contributed by atoms with Crippen molar-refractivity contribution >= 4 is 29.4 Å². The molecule has 0 heterocycles. The summed E-state index contributed by atoms with van der Waals surface area (Å²) >= 11 is 5.88. The van der Waals surface area contributed by atoms with E-state index in [2.05, 4.69) is 10.9 Å². The standard InChI is InChI=1S/C19H16ClN3O5/c1-12(28-14-8-6-13(10-21)7-9-14)19(26)27-11-17(24)22-23-18(25)15-4-2-3-5-16(15)20/h2-9,12H,11H2,1H3,(H,22,24)(H,23,25). The summed E-state index contributed by atoms with van der Waals surface area (Å²) in [5, 5.41) is 8.97. The van der Waals surface area contributed by atoms with Crippen LogP contribution in [0.1, 0.15) is 22.8 Å². The molecule has 0 saturated carbocycles. The highest BCUT2D eigenvalue weighted by molar-refractivity contribution is 6.33. The van der Waals surface area contributed by atoms with Crippen LogP contribution in [-0.2, 0) is 14.3 Å². The molecule has 0 bridgehead atoms. The third kappa shape index (κ3) is 6.00. The molecule has 0 aliphatic carbocycles. The van der Waals surface area contributed by atoms with Crippen LogP contribution in [0.15, 0.2) is 48.5 Å². The Kier molecular flexibility index (Phi) is 7.37. The van der Waals surface area contributed by atoms with Crippen LogP contribution in [0.2, 0.25) is 5.02 Å². The zero-order valence-electron chi connectivity index (χ0n) is 14.8. The summed E-state index contributed by atoms with van der Waals surface area (Å²) in [5.41, 5.74) is 4.93. The zero-order valence-corrected chi connectivity index (χ0v) is 15.5. The van der Waals surface area contributed by atoms with Gasteiger partial charge in [0, 0.05) is 0 Å². The summed E-state index contributed by atoms with van der Waals surface area (Å²) < 4.78 is 10.2. The second kappa shape index (κ2) is 9.94. The number of esters is 1. The molecule has 8 nitrogen and oxygen atoms in total. The quantitative estimate of drug-likeness (QED) is 0.564. The minimum absolute atomic E-state index is 0.186. The Labute approximate surface area is 166 Å². The van der Waals surface area contributed by atoms with Crippen molar-refractivity contribution in [2.75, 3.05) is 6.61 Å². The first kappa shape index (κ1) is 20.7. The minimum Gasteiger partial charge on any atom is -0.479 e. The van der Waals surface area contributed by atoms with E-state index in [1.165, 1.54) is 19.1 Å². The highest BCUT2D eigenvalue weighted by Crippen LogP contribution is 2.15. The summed E-state index contributed by atoms with van der Waals surface area (Å²) in [6, 6.07) is 14.5. The van der Waals surface area contributed by atoms with Gasteiger partial charge in [0.05, 0.1) is 22.2 Å². The third-order valence-corrected chi connectivity index (χ3v) is 3.74. The molecule has 0 radical (unpaired) electrons. The number of hydrazine groups is 1. The van der Waals surface area contributed by atoms with Crippen LogP contribution < -0.4 is 15.6 Å². The van der Waals surface area contributed by atoms with Gasteiger partial charge in [0.1, 0.15) is 5.75 Å². The predicted molar refractivity (Wildman–Crippen MR) is 99.3 cm³/mol. The van der Waals surface area contributed by atoms with E-state index in [0.717, 1.165) is 0 Å². The maximum absolute atomic E-state index is 11.9. The van der Waals surface area contributed by atoms with E-state index in [0.29, 0.717) is 11.3 Å². The molecule has 2 amide bonds. The van der Waals surface area contributed by atoms with Gasteiger partial charge in [-0.05, 0) is 43.3 Å². The van der Waals surface area contributed by atoms with Gasteiger partial charge in [-0.15, -0.1) is 0 Å². The maximum atomic E-state index is 11.9. The third-order valence-electron chi connectivity index (χ3n) is 3.41. The normalized spacial score (nSPS) is 10.9. The molecule has 0 spiro atoms. The van der Waals surface area contributed by atoms with Crippen LogP contribution in [0.5, 0.6) is 5.75 Å². The lowest BCUT2D eigenvalue weighted by Gasteiger charge is -2.14. The van der Waals surface area contributed by atoms with Gasteiger partial charge in [-0.25, -0.2) is 4.79 Å². The van der Waals surface area contributed by atoms with E-state index in [1.54, 1.807) is 36.4 Å². The Bertz CT molecular complexity index is 909. The van der Waals surface area contributed by atoms with E-state index in [-0.39, 0.29) is 10.6 Å². The maximum Gasteiger partial charge on any atom is 0.347 e. The molecule has 144 valence electrons. The second-order valence-corrected chi connectivity index (χ2v) is 5.89. The summed E-state index contributed by atoms with van der Waals surface area (Å²) in [4.78, 5) is 35.5. The molecular weight excluding hydrogens is 386 g/mol. The Morgan fingerprint density at radius 3 is 2.43 bits per heavy atom. The lowest BCUT2D eigenvalue weighted by molar-refractivity contribution is -0.154. The van der Waals surface area contributed by atoms with Gasteiger partial charge >= 0.3 is 5.97 Å². The fourth-order valence-electron chi connectivity index (χ4n) is 1.99. The van der Waals surface area contributed by atoms with Crippen molar-refractivity contribution in [1.82, 2.24) is 10.9 Å². The number of nitrogens with one attached hydrogen (secondary N) is 2. The Hall–Kier alpha value is -3.57. The fraction of sp³-hybridized carbons (Fsp3) is 0.158. The van der Waals surface area contributed by atoms with E-state index in [4.69, 9.17) is 26.3 Å². The van der Waals surface area contributed by atoms with Crippen LogP contribution in [0.4, 0.5) is 0 Å². The number of carbonyl (C=O) groups is 3. The van der Waals surface area contributed by atoms with Crippen LogP contribution in [0, 0.1) is 11.3 Å². The molecule has 1 unspecified atom stereocenters. The number of ether oxygens (including phenoxy) is 2. The van der Waals surface area contributed by atoms with Crippen LogP contribution in [-0.4, -0.2) is 30.5 Å². The molecule has 9 heteroatoms. The number of carbonyl (C=O) groups excluding carboxylic acids is 3. The summed E-state index contributed by atoms with van der Waals surface area (Å²) in [7, 11) is 0. The van der Waals surface area contributed by atoms with Gasteiger partial charge in [-0.2, -0.15) is 5.26 Å². The number of nitrogens with zero attached hydrogens (tertiary/aromatic N) is 1. The van der Waals surface area contributed by atoms with Crippen molar-refractivity contribution in [2.45, 2.75) is 13.0 Å². The average molecular weight is 402 g/mol. The largest absolute Gasteiger partial charge is 0.479 e. The van der Waals surface area contributed by atoms with Gasteiger partial charge < -0.3 is 9.47 Å². The highest BCUT2D eigenvalue weighted by Gasteiger charge is 2.18. The number of amides is 2. The van der Waals surface area contributed by atoms with Crippen molar-refractivity contribution in [2.24, 2.45) is 0 Å². The number of halogens is 1. The second-order valence-electron chi connectivity index (χ2n) is 5.49. The minimum atomic E-state index is -0.974. The first-order valence-electron chi connectivity index (χ1n) is 8.08. The molecule has 2 aromatic rings. The number of rotatable bonds is 6. The van der Waals surface area contributed by atoms with Crippen LogP contribution in [0.25, 0.3) is 0 Å². The lowest BCUT2D eigenvalue weighted by atomic mass is 10.2. The smallest absolute Gasteiger partial charge is 0.347 e. The first-order chi connectivity index (χ1) is 13.4. The zero-order chi connectivity index (χ0) is 20.5. The van der Waals surface area contributed by atoms with Gasteiger partial charge in [0.2, 0.25) is 0 Å².